The van der Waals surface area contributed by atoms with Crippen LogP contribution in [0.2, 0.25) is 5.02 Å². The molecule has 0 aromatic heterocycles. The summed E-state index contributed by atoms with van der Waals surface area (Å²) in [5.74, 6) is 1.05. The van der Waals surface area contributed by atoms with Gasteiger partial charge >= 0.3 is 0 Å². The second-order valence-electron chi connectivity index (χ2n) is 8.30. The van der Waals surface area contributed by atoms with Gasteiger partial charge in [-0.3, -0.25) is 9.59 Å². The highest BCUT2D eigenvalue weighted by molar-refractivity contribution is 6.30. The van der Waals surface area contributed by atoms with Gasteiger partial charge in [0.05, 0.1) is 20.3 Å². The topological polar surface area (TPSA) is 59.1 Å². The highest BCUT2D eigenvalue weighted by Crippen LogP contribution is 2.44. The summed E-state index contributed by atoms with van der Waals surface area (Å²) >= 11 is 6.09. The van der Waals surface area contributed by atoms with Crippen molar-refractivity contribution in [3.05, 3.63) is 82.9 Å². The zero-order chi connectivity index (χ0) is 24.4. The van der Waals surface area contributed by atoms with Crippen LogP contribution >= 0.6 is 11.6 Å². The lowest BCUT2D eigenvalue weighted by molar-refractivity contribution is -0.117. The van der Waals surface area contributed by atoms with Gasteiger partial charge < -0.3 is 19.3 Å². The van der Waals surface area contributed by atoms with Gasteiger partial charge in [0.25, 0.3) is 5.91 Å². The summed E-state index contributed by atoms with van der Waals surface area (Å²) in [4.78, 5) is 30.1. The van der Waals surface area contributed by atoms with Gasteiger partial charge in [0, 0.05) is 40.5 Å². The highest BCUT2D eigenvalue weighted by atomic mass is 35.5. The standard InChI is InChI=1S/C27H27ClN2O4/c1-17-14-26(30(18(2)31)21-10-8-20(28)9-11-21)24-16-23(34-4)12-13-25(24)29(17)27(32)19-6-5-7-22(15-19)33-3/h5-13,15-17,26H,14H2,1-4H3/t17?,26-/m0/s1. The largest absolute Gasteiger partial charge is 0.497 e. The Balaban J connectivity index is 1.82. The first-order chi connectivity index (χ1) is 16.3. The maximum Gasteiger partial charge on any atom is 0.258 e. The van der Waals surface area contributed by atoms with Crippen LogP contribution in [-0.2, 0) is 4.79 Å². The minimum Gasteiger partial charge on any atom is -0.497 e. The second kappa shape index (κ2) is 9.77. The van der Waals surface area contributed by atoms with E-state index in [1.807, 2.05) is 43.3 Å². The lowest BCUT2D eigenvalue weighted by atomic mass is 9.89. The number of amides is 2. The molecule has 1 aliphatic heterocycles. The summed E-state index contributed by atoms with van der Waals surface area (Å²) < 4.78 is 10.8. The van der Waals surface area contributed by atoms with E-state index in [2.05, 4.69) is 0 Å². The number of anilines is 2. The summed E-state index contributed by atoms with van der Waals surface area (Å²) in [6.45, 7) is 3.55. The molecule has 0 bridgehead atoms. The number of halogens is 1. The second-order valence-corrected chi connectivity index (χ2v) is 8.73. The third kappa shape index (κ3) is 4.46. The molecule has 2 amide bonds. The van der Waals surface area contributed by atoms with Crippen molar-refractivity contribution >= 4 is 34.8 Å². The molecule has 0 saturated carbocycles. The van der Waals surface area contributed by atoms with Crippen LogP contribution in [0.1, 0.15) is 42.2 Å². The molecule has 2 atom stereocenters. The van der Waals surface area contributed by atoms with E-state index in [-0.39, 0.29) is 23.9 Å². The number of rotatable bonds is 5. The van der Waals surface area contributed by atoms with Crippen LogP contribution in [-0.4, -0.2) is 32.1 Å². The zero-order valence-corrected chi connectivity index (χ0v) is 20.4. The molecule has 3 aromatic rings. The fraction of sp³-hybridized carbons (Fsp3) is 0.259. The number of carbonyl (C=O) groups is 2. The third-order valence-corrected chi connectivity index (χ3v) is 6.40. The van der Waals surface area contributed by atoms with Gasteiger partial charge in [-0.15, -0.1) is 0 Å². The lowest BCUT2D eigenvalue weighted by Gasteiger charge is -2.43. The van der Waals surface area contributed by atoms with Crippen molar-refractivity contribution in [2.24, 2.45) is 0 Å². The van der Waals surface area contributed by atoms with Crippen LogP contribution in [0.25, 0.3) is 0 Å². The molecule has 7 heteroatoms. The molecular formula is C27H27ClN2O4. The number of fused-ring (bicyclic) bond motifs is 1. The number of methoxy groups -OCH3 is 2. The first-order valence-corrected chi connectivity index (χ1v) is 11.4. The highest BCUT2D eigenvalue weighted by Gasteiger charge is 2.38. The Hall–Kier alpha value is -3.51. The quantitative estimate of drug-likeness (QED) is 0.458. The Labute approximate surface area is 204 Å². The number of carbonyl (C=O) groups excluding carboxylic acids is 2. The normalized spacial score (nSPS) is 17.0. The van der Waals surface area contributed by atoms with E-state index in [9.17, 15) is 9.59 Å². The van der Waals surface area contributed by atoms with E-state index in [1.54, 1.807) is 61.3 Å². The maximum atomic E-state index is 13.7. The average Bonchev–Trinajstić information content (AvgIpc) is 2.84. The monoisotopic (exact) mass is 478 g/mol. The Bertz CT molecular complexity index is 1210. The van der Waals surface area contributed by atoms with Crippen LogP contribution in [0.5, 0.6) is 11.5 Å². The van der Waals surface area contributed by atoms with Crippen LogP contribution in [0, 0.1) is 0 Å². The van der Waals surface area contributed by atoms with Crippen LogP contribution in [0.3, 0.4) is 0 Å². The number of nitrogens with zero attached hydrogens (tertiary/aromatic N) is 2. The van der Waals surface area contributed by atoms with Gasteiger partial charge in [-0.1, -0.05) is 17.7 Å². The Morgan fingerprint density at radius 1 is 0.971 bits per heavy atom. The van der Waals surface area contributed by atoms with Gasteiger partial charge in [0.1, 0.15) is 11.5 Å². The van der Waals surface area contributed by atoms with Crippen molar-refractivity contribution in [1.29, 1.82) is 0 Å². The van der Waals surface area contributed by atoms with E-state index in [0.29, 0.717) is 28.5 Å². The molecule has 0 aliphatic carbocycles. The predicted molar refractivity (Wildman–Crippen MR) is 134 cm³/mol. The van der Waals surface area contributed by atoms with Gasteiger partial charge in [-0.2, -0.15) is 0 Å². The molecule has 0 N–H and O–H groups in total. The maximum absolute atomic E-state index is 13.7. The van der Waals surface area contributed by atoms with Gasteiger partial charge in [-0.25, -0.2) is 0 Å². The molecule has 1 unspecified atom stereocenters. The fourth-order valence-electron chi connectivity index (χ4n) is 4.57. The predicted octanol–water partition coefficient (Wildman–Crippen LogP) is 5.89. The summed E-state index contributed by atoms with van der Waals surface area (Å²) in [5, 5.41) is 0.599. The summed E-state index contributed by atoms with van der Waals surface area (Å²) in [6.07, 6.45) is 0.554. The smallest absolute Gasteiger partial charge is 0.258 e. The van der Waals surface area contributed by atoms with Crippen molar-refractivity contribution in [3.8, 4) is 11.5 Å². The molecule has 0 fully saturated rings. The number of hydrogen-bond donors (Lipinski definition) is 0. The minimum absolute atomic E-state index is 0.0964. The first kappa shape index (κ1) is 23.6. The fourth-order valence-corrected chi connectivity index (χ4v) is 4.70. The number of hydrogen-bond acceptors (Lipinski definition) is 4. The van der Waals surface area contributed by atoms with Crippen molar-refractivity contribution in [1.82, 2.24) is 0 Å². The molecule has 1 heterocycles. The van der Waals surface area contributed by atoms with E-state index < -0.39 is 0 Å². The molecule has 4 rings (SSSR count). The van der Waals surface area contributed by atoms with Crippen LogP contribution in [0.15, 0.2) is 66.7 Å². The molecule has 0 radical (unpaired) electrons. The van der Waals surface area contributed by atoms with E-state index in [4.69, 9.17) is 21.1 Å². The molecule has 0 spiro atoms. The molecule has 1 aliphatic rings. The summed E-state index contributed by atoms with van der Waals surface area (Å²) in [6, 6.07) is 19.5. The molecule has 0 saturated heterocycles. The van der Waals surface area contributed by atoms with E-state index >= 15 is 0 Å². The SMILES string of the molecule is COc1cccc(C(=O)N2c3ccc(OC)cc3[C@@H](N(C(C)=O)c3ccc(Cl)cc3)CC2C)c1. The first-order valence-electron chi connectivity index (χ1n) is 11.0. The average molecular weight is 479 g/mol. The third-order valence-electron chi connectivity index (χ3n) is 6.15. The van der Waals surface area contributed by atoms with Gasteiger partial charge in [0.15, 0.2) is 0 Å². The lowest BCUT2D eigenvalue weighted by Crippen LogP contribution is -2.47. The van der Waals surface area contributed by atoms with Crippen molar-refractivity contribution < 1.29 is 19.1 Å². The molecule has 3 aromatic carbocycles. The van der Waals surface area contributed by atoms with Crippen molar-refractivity contribution in [2.75, 3.05) is 24.0 Å². The Morgan fingerprint density at radius 3 is 2.29 bits per heavy atom. The molecular weight excluding hydrogens is 452 g/mol. The number of benzene rings is 3. The molecule has 6 nitrogen and oxygen atoms in total. The van der Waals surface area contributed by atoms with E-state index in [1.165, 1.54) is 0 Å². The van der Waals surface area contributed by atoms with Crippen LogP contribution in [0.4, 0.5) is 11.4 Å². The van der Waals surface area contributed by atoms with Crippen molar-refractivity contribution in [3.63, 3.8) is 0 Å². The summed E-state index contributed by atoms with van der Waals surface area (Å²) in [7, 11) is 3.18. The van der Waals surface area contributed by atoms with Gasteiger partial charge in [0.2, 0.25) is 5.91 Å². The minimum atomic E-state index is -0.284. The molecule has 34 heavy (non-hydrogen) atoms. The number of ether oxygens (including phenoxy) is 2. The molecule has 176 valence electrons. The van der Waals surface area contributed by atoms with Crippen molar-refractivity contribution in [2.45, 2.75) is 32.4 Å². The zero-order valence-electron chi connectivity index (χ0n) is 19.6. The Morgan fingerprint density at radius 2 is 1.65 bits per heavy atom. The van der Waals surface area contributed by atoms with Gasteiger partial charge in [-0.05, 0) is 74.0 Å². The van der Waals surface area contributed by atoms with E-state index in [0.717, 1.165) is 16.9 Å². The van der Waals surface area contributed by atoms with Crippen LogP contribution < -0.4 is 19.3 Å². The summed E-state index contributed by atoms with van der Waals surface area (Å²) in [5.41, 5.74) is 2.87. The Kier molecular flexibility index (Phi) is 6.80.